The number of esters is 1. The maximum atomic E-state index is 11.9. The Kier molecular flexibility index (Phi) is 6.13. The summed E-state index contributed by atoms with van der Waals surface area (Å²) in [7, 11) is 0. The molecule has 1 heterocycles. The van der Waals surface area contributed by atoms with Crippen LogP contribution in [-0.4, -0.2) is 24.7 Å². The number of quaternary nitrogens is 1. The molecule has 1 fully saturated rings. The molecular formula is C15H30NO2+. The summed E-state index contributed by atoms with van der Waals surface area (Å²) in [5.41, 5.74) is -0.289. The predicted molar refractivity (Wildman–Crippen MR) is 73.2 cm³/mol. The van der Waals surface area contributed by atoms with Crippen LogP contribution in [0.1, 0.15) is 59.8 Å². The zero-order chi connectivity index (χ0) is 13.6. The normalized spacial score (nSPS) is 18.1. The minimum absolute atomic E-state index is 0.0183. The van der Waals surface area contributed by atoms with E-state index in [0.717, 1.165) is 25.7 Å². The number of hydrogen-bond donors (Lipinski definition) is 1. The van der Waals surface area contributed by atoms with Gasteiger partial charge in [0, 0.05) is 25.2 Å². The molecule has 106 valence electrons. The predicted octanol–water partition coefficient (Wildman–Crippen LogP) is 2.11. The van der Waals surface area contributed by atoms with Gasteiger partial charge < -0.3 is 10.1 Å². The summed E-state index contributed by atoms with van der Waals surface area (Å²) in [4.78, 5) is 11.9. The van der Waals surface area contributed by atoms with Crippen LogP contribution < -0.4 is 5.32 Å². The molecular weight excluding hydrogens is 226 g/mol. The van der Waals surface area contributed by atoms with E-state index >= 15 is 0 Å². The zero-order valence-corrected chi connectivity index (χ0v) is 12.5. The molecule has 0 radical (unpaired) electrons. The van der Waals surface area contributed by atoms with Gasteiger partial charge in [0.1, 0.15) is 5.60 Å². The Bertz CT molecular complexity index is 255. The molecule has 0 bridgehead atoms. The molecule has 0 saturated carbocycles. The molecule has 0 unspecified atom stereocenters. The van der Waals surface area contributed by atoms with Crippen molar-refractivity contribution in [2.75, 3.05) is 13.1 Å². The lowest BCUT2D eigenvalue weighted by atomic mass is 9.83. The number of hydrogen-bond acceptors (Lipinski definition) is 2. The van der Waals surface area contributed by atoms with Crippen molar-refractivity contribution in [3.8, 4) is 0 Å². The molecule has 0 atom stereocenters. The third kappa shape index (κ3) is 5.38. The molecule has 0 aromatic heterocycles. The summed E-state index contributed by atoms with van der Waals surface area (Å²) < 4.78 is 5.71. The molecule has 1 saturated heterocycles. The van der Waals surface area contributed by atoms with E-state index in [1.165, 1.54) is 13.1 Å². The highest BCUT2D eigenvalue weighted by molar-refractivity contribution is 5.69. The average Bonchev–Trinajstić information content (AvgIpc) is 2.29. The summed E-state index contributed by atoms with van der Waals surface area (Å²) in [6, 6.07) is 0. The second kappa shape index (κ2) is 7.13. The van der Waals surface area contributed by atoms with Crippen molar-refractivity contribution < 1.29 is 14.8 Å². The van der Waals surface area contributed by atoms with E-state index in [4.69, 9.17) is 4.74 Å². The second-order valence-electron chi connectivity index (χ2n) is 6.50. The van der Waals surface area contributed by atoms with Crippen molar-refractivity contribution in [3.63, 3.8) is 0 Å². The maximum absolute atomic E-state index is 11.9. The summed E-state index contributed by atoms with van der Waals surface area (Å²) in [5, 5.41) is 2.34. The van der Waals surface area contributed by atoms with Gasteiger partial charge >= 0.3 is 5.97 Å². The van der Waals surface area contributed by atoms with E-state index in [-0.39, 0.29) is 11.6 Å². The molecule has 1 aliphatic rings. The fraction of sp³-hybridized carbons (Fsp3) is 0.933. The van der Waals surface area contributed by atoms with Crippen molar-refractivity contribution >= 4 is 5.97 Å². The van der Waals surface area contributed by atoms with Gasteiger partial charge in [-0.2, -0.15) is 0 Å². The molecule has 1 aliphatic heterocycles. The Labute approximate surface area is 112 Å². The van der Waals surface area contributed by atoms with Gasteiger partial charge in [0.05, 0.1) is 13.1 Å². The van der Waals surface area contributed by atoms with E-state index in [2.05, 4.69) is 33.0 Å². The Morgan fingerprint density at radius 2 is 1.94 bits per heavy atom. The van der Waals surface area contributed by atoms with Crippen molar-refractivity contribution in [3.05, 3.63) is 0 Å². The van der Waals surface area contributed by atoms with E-state index < -0.39 is 0 Å². The average molecular weight is 256 g/mol. The van der Waals surface area contributed by atoms with Crippen molar-refractivity contribution in [2.24, 2.45) is 11.8 Å². The van der Waals surface area contributed by atoms with Gasteiger partial charge in [-0.1, -0.05) is 20.3 Å². The zero-order valence-electron chi connectivity index (χ0n) is 12.5. The largest absolute Gasteiger partial charge is 0.459 e. The number of carbonyl (C=O) groups excluding carboxylic acids is 1. The molecule has 18 heavy (non-hydrogen) atoms. The Balaban J connectivity index is 2.32. The van der Waals surface area contributed by atoms with Crippen LogP contribution in [0.5, 0.6) is 0 Å². The topological polar surface area (TPSA) is 42.9 Å². The molecule has 3 heteroatoms. The number of carbonyl (C=O) groups is 1. The fourth-order valence-electron chi connectivity index (χ4n) is 2.70. The minimum atomic E-state index is -0.289. The lowest BCUT2D eigenvalue weighted by molar-refractivity contribution is -0.665. The third-order valence-electron chi connectivity index (χ3n) is 3.96. The number of piperidine rings is 1. The van der Waals surface area contributed by atoms with E-state index in [1.54, 1.807) is 0 Å². The van der Waals surface area contributed by atoms with Crippen LogP contribution in [0.4, 0.5) is 0 Å². The Hall–Kier alpha value is -0.570. The molecule has 2 N–H and O–H groups in total. The minimum Gasteiger partial charge on any atom is -0.459 e. The van der Waals surface area contributed by atoms with Crippen LogP contribution in [0.15, 0.2) is 0 Å². The van der Waals surface area contributed by atoms with Crippen LogP contribution in [0.25, 0.3) is 0 Å². The van der Waals surface area contributed by atoms with Gasteiger partial charge in [0.25, 0.3) is 0 Å². The highest BCUT2D eigenvalue weighted by Crippen LogP contribution is 2.28. The van der Waals surface area contributed by atoms with Crippen molar-refractivity contribution in [1.29, 1.82) is 0 Å². The first kappa shape index (κ1) is 15.5. The molecule has 3 nitrogen and oxygen atoms in total. The van der Waals surface area contributed by atoms with Gasteiger partial charge in [-0.3, -0.25) is 4.79 Å². The summed E-state index contributed by atoms with van der Waals surface area (Å²) in [6.45, 7) is 10.9. The molecule has 0 aromatic carbocycles. The maximum Gasteiger partial charge on any atom is 0.306 e. The monoisotopic (exact) mass is 256 g/mol. The first-order chi connectivity index (χ1) is 8.42. The van der Waals surface area contributed by atoms with E-state index in [1.807, 2.05) is 0 Å². The lowest BCUT2D eigenvalue weighted by Crippen LogP contribution is -2.86. The first-order valence-corrected chi connectivity index (χ1v) is 7.45. The standard InChI is InChI=1S/C15H29NO2/c1-12(2)6-5-7-14(17)18-15(3,4)13-8-10-16-11-9-13/h12-13,16H,5-11H2,1-4H3/p+1. The Morgan fingerprint density at radius 1 is 1.33 bits per heavy atom. The molecule has 1 rings (SSSR count). The van der Waals surface area contributed by atoms with Crippen LogP contribution in [0.2, 0.25) is 0 Å². The van der Waals surface area contributed by atoms with Crippen LogP contribution in [-0.2, 0) is 9.53 Å². The third-order valence-corrected chi connectivity index (χ3v) is 3.96. The second-order valence-corrected chi connectivity index (χ2v) is 6.50. The van der Waals surface area contributed by atoms with Gasteiger partial charge in [0.2, 0.25) is 0 Å². The fourth-order valence-corrected chi connectivity index (χ4v) is 2.70. The highest BCUT2D eigenvalue weighted by Gasteiger charge is 2.35. The molecule has 0 aromatic rings. The van der Waals surface area contributed by atoms with E-state index in [9.17, 15) is 4.79 Å². The van der Waals surface area contributed by atoms with Crippen LogP contribution in [0, 0.1) is 11.8 Å². The van der Waals surface area contributed by atoms with Crippen molar-refractivity contribution in [1.82, 2.24) is 0 Å². The first-order valence-electron chi connectivity index (χ1n) is 7.45. The van der Waals surface area contributed by atoms with Crippen LogP contribution >= 0.6 is 0 Å². The van der Waals surface area contributed by atoms with Crippen molar-refractivity contribution in [2.45, 2.75) is 65.4 Å². The van der Waals surface area contributed by atoms with Gasteiger partial charge in [-0.05, 0) is 26.2 Å². The summed E-state index contributed by atoms with van der Waals surface area (Å²) >= 11 is 0. The van der Waals surface area contributed by atoms with E-state index in [0.29, 0.717) is 18.3 Å². The number of nitrogens with two attached hydrogens (primary N) is 1. The lowest BCUT2D eigenvalue weighted by Gasteiger charge is -2.35. The van der Waals surface area contributed by atoms with Crippen LogP contribution in [0.3, 0.4) is 0 Å². The number of ether oxygens (including phenoxy) is 1. The van der Waals surface area contributed by atoms with Gasteiger partial charge in [0.15, 0.2) is 0 Å². The smallest absolute Gasteiger partial charge is 0.306 e. The quantitative estimate of drug-likeness (QED) is 0.740. The van der Waals surface area contributed by atoms with Gasteiger partial charge in [-0.25, -0.2) is 0 Å². The highest BCUT2D eigenvalue weighted by atomic mass is 16.6. The summed E-state index contributed by atoms with van der Waals surface area (Å²) in [6.07, 6.45) is 4.94. The Morgan fingerprint density at radius 3 is 2.50 bits per heavy atom. The SMILES string of the molecule is CC(C)CCCC(=O)OC(C)(C)C1CC[NH2+]CC1. The molecule has 0 aliphatic carbocycles. The number of rotatable bonds is 6. The molecule has 0 spiro atoms. The summed E-state index contributed by atoms with van der Waals surface area (Å²) in [5.74, 6) is 1.17. The van der Waals surface area contributed by atoms with Gasteiger partial charge in [-0.15, -0.1) is 0 Å². The molecule has 0 amide bonds.